The number of nitriles is 1. The van der Waals surface area contributed by atoms with Crippen LogP contribution in [0.4, 0.5) is 5.82 Å². The van der Waals surface area contributed by atoms with Crippen LogP contribution in [0, 0.1) is 11.3 Å². The van der Waals surface area contributed by atoms with E-state index in [0.717, 1.165) is 12.8 Å². The highest BCUT2D eigenvalue weighted by molar-refractivity contribution is 7.93. The summed E-state index contributed by atoms with van der Waals surface area (Å²) in [6.45, 7) is 0. The van der Waals surface area contributed by atoms with Gasteiger partial charge < -0.3 is 0 Å². The number of nitrogens with zero attached hydrogens (tertiary/aromatic N) is 3. The van der Waals surface area contributed by atoms with Crippen molar-refractivity contribution < 1.29 is 8.42 Å². The molecule has 0 unspecified atom stereocenters. The summed E-state index contributed by atoms with van der Waals surface area (Å²) in [5.41, 5.74) is 0.245. The zero-order chi connectivity index (χ0) is 12.5. The number of hydrogen-bond donors (Lipinski definition) is 1. The standard InChI is InChI=1S/C10H14N4O2S/c1-14-10(8(6-11)7-12-14)13-17(15,16)9-4-2-3-5-9/h7,9,13H,2-5H2,1H3. The number of rotatable bonds is 3. The Hall–Kier alpha value is -1.55. The van der Waals surface area contributed by atoms with Crippen molar-refractivity contribution in [2.24, 2.45) is 7.05 Å². The molecule has 1 fully saturated rings. The maximum absolute atomic E-state index is 12.1. The van der Waals surface area contributed by atoms with E-state index in [0.29, 0.717) is 12.8 Å². The minimum atomic E-state index is -3.40. The zero-order valence-corrected chi connectivity index (χ0v) is 10.4. The lowest BCUT2D eigenvalue weighted by Crippen LogP contribution is -2.26. The summed E-state index contributed by atoms with van der Waals surface area (Å²) in [6, 6.07) is 1.92. The van der Waals surface area contributed by atoms with Crippen LogP contribution in [-0.4, -0.2) is 23.4 Å². The molecule has 0 aromatic carbocycles. The van der Waals surface area contributed by atoms with Gasteiger partial charge in [0.05, 0.1) is 11.4 Å². The molecule has 0 saturated heterocycles. The van der Waals surface area contributed by atoms with Gasteiger partial charge in [-0.05, 0) is 12.8 Å². The Morgan fingerprint density at radius 2 is 2.18 bits per heavy atom. The first kappa shape index (κ1) is 11.9. The van der Waals surface area contributed by atoms with Gasteiger partial charge in [0.25, 0.3) is 0 Å². The smallest absolute Gasteiger partial charge is 0.236 e. The minimum absolute atomic E-state index is 0.245. The summed E-state index contributed by atoms with van der Waals surface area (Å²) < 4.78 is 28.0. The number of hydrogen-bond acceptors (Lipinski definition) is 4. The molecule has 17 heavy (non-hydrogen) atoms. The lowest BCUT2D eigenvalue weighted by atomic mass is 10.4. The fraction of sp³-hybridized carbons (Fsp3) is 0.600. The summed E-state index contributed by atoms with van der Waals surface area (Å²) in [6.07, 6.45) is 4.63. The van der Waals surface area contributed by atoms with Gasteiger partial charge in [-0.1, -0.05) is 12.8 Å². The highest BCUT2D eigenvalue weighted by Crippen LogP contribution is 2.26. The molecule has 92 valence electrons. The molecular weight excluding hydrogens is 240 g/mol. The van der Waals surface area contributed by atoms with E-state index in [1.165, 1.54) is 10.9 Å². The summed E-state index contributed by atoms with van der Waals surface area (Å²) in [5, 5.41) is 12.4. The molecule has 1 aliphatic rings. The first-order chi connectivity index (χ1) is 8.04. The molecule has 0 aliphatic heterocycles. The van der Waals surface area contributed by atoms with Crippen LogP contribution in [0.5, 0.6) is 0 Å². The second-order valence-electron chi connectivity index (χ2n) is 4.20. The highest BCUT2D eigenvalue weighted by Gasteiger charge is 2.30. The van der Waals surface area contributed by atoms with Crippen LogP contribution in [0.15, 0.2) is 6.20 Å². The molecule has 1 aliphatic carbocycles. The molecule has 7 heteroatoms. The van der Waals surface area contributed by atoms with Gasteiger partial charge in [0.2, 0.25) is 10.0 Å². The summed E-state index contributed by atoms with van der Waals surface area (Å²) in [4.78, 5) is 0. The zero-order valence-electron chi connectivity index (χ0n) is 9.55. The normalized spacial score (nSPS) is 16.9. The molecule has 0 bridgehead atoms. The number of aryl methyl sites for hydroxylation is 1. The average molecular weight is 254 g/mol. The van der Waals surface area contributed by atoms with Crippen molar-refractivity contribution in [2.45, 2.75) is 30.9 Å². The second-order valence-corrected chi connectivity index (χ2v) is 6.16. The fourth-order valence-electron chi connectivity index (χ4n) is 2.06. The van der Waals surface area contributed by atoms with Crippen LogP contribution < -0.4 is 4.72 Å². The Balaban J connectivity index is 2.26. The molecule has 0 spiro atoms. The molecule has 1 heterocycles. The minimum Gasteiger partial charge on any atom is -0.266 e. The third-order valence-corrected chi connectivity index (χ3v) is 4.87. The number of nitrogens with one attached hydrogen (secondary N) is 1. The molecule has 6 nitrogen and oxygen atoms in total. The van der Waals surface area contributed by atoms with Gasteiger partial charge in [-0.3, -0.25) is 9.40 Å². The highest BCUT2D eigenvalue weighted by atomic mass is 32.2. The Morgan fingerprint density at radius 1 is 1.53 bits per heavy atom. The van der Waals surface area contributed by atoms with Crippen molar-refractivity contribution in [1.82, 2.24) is 9.78 Å². The Labute approximate surface area is 100 Å². The van der Waals surface area contributed by atoms with E-state index in [1.807, 2.05) is 6.07 Å². The maximum atomic E-state index is 12.1. The molecule has 0 atom stereocenters. The Morgan fingerprint density at radius 3 is 2.76 bits per heavy atom. The van der Waals surface area contributed by atoms with Gasteiger partial charge in [0, 0.05) is 7.05 Å². The Kier molecular flexibility index (Phi) is 3.07. The van der Waals surface area contributed by atoms with Crippen LogP contribution in [0.25, 0.3) is 0 Å². The van der Waals surface area contributed by atoms with E-state index < -0.39 is 10.0 Å². The van der Waals surface area contributed by atoms with Gasteiger partial charge in [-0.15, -0.1) is 0 Å². The Bertz CT molecular complexity index is 549. The van der Waals surface area contributed by atoms with E-state index in [9.17, 15) is 8.42 Å². The molecule has 2 rings (SSSR count). The van der Waals surface area contributed by atoms with Gasteiger partial charge in [0.1, 0.15) is 11.6 Å². The number of anilines is 1. The second kappa shape index (κ2) is 4.37. The van der Waals surface area contributed by atoms with E-state index >= 15 is 0 Å². The van der Waals surface area contributed by atoms with E-state index in [2.05, 4.69) is 9.82 Å². The molecule has 1 aromatic heterocycles. The van der Waals surface area contributed by atoms with Crippen LogP contribution in [0.3, 0.4) is 0 Å². The van der Waals surface area contributed by atoms with Crippen LogP contribution in [0.1, 0.15) is 31.2 Å². The first-order valence-corrected chi connectivity index (χ1v) is 7.03. The fourth-order valence-corrected chi connectivity index (χ4v) is 3.69. The van der Waals surface area contributed by atoms with Crippen LogP contribution >= 0.6 is 0 Å². The lowest BCUT2D eigenvalue weighted by Gasteiger charge is -2.13. The molecule has 1 N–H and O–H groups in total. The van der Waals surface area contributed by atoms with Crippen molar-refractivity contribution in [2.75, 3.05) is 4.72 Å². The van der Waals surface area contributed by atoms with Crippen molar-refractivity contribution >= 4 is 15.8 Å². The molecule has 0 radical (unpaired) electrons. The predicted octanol–water partition coefficient (Wildman–Crippen LogP) is 0.976. The largest absolute Gasteiger partial charge is 0.266 e. The SMILES string of the molecule is Cn1ncc(C#N)c1NS(=O)(=O)C1CCCC1. The van der Waals surface area contributed by atoms with Crippen molar-refractivity contribution in [1.29, 1.82) is 5.26 Å². The van der Waals surface area contributed by atoms with Crippen LogP contribution in [-0.2, 0) is 17.1 Å². The summed E-state index contributed by atoms with van der Waals surface area (Å²) in [5.74, 6) is 0.249. The molecule has 1 aromatic rings. The van der Waals surface area contributed by atoms with Crippen molar-refractivity contribution in [3.63, 3.8) is 0 Å². The number of sulfonamides is 1. The van der Waals surface area contributed by atoms with Gasteiger partial charge in [0.15, 0.2) is 5.82 Å². The van der Waals surface area contributed by atoms with E-state index in [1.54, 1.807) is 7.05 Å². The van der Waals surface area contributed by atoms with Gasteiger partial charge in [-0.25, -0.2) is 8.42 Å². The average Bonchev–Trinajstić information content (AvgIpc) is 2.90. The first-order valence-electron chi connectivity index (χ1n) is 5.48. The summed E-state index contributed by atoms with van der Waals surface area (Å²) >= 11 is 0. The van der Waals surface area contributed by atoms with Gasteiger partial charge >= 0.3 is 0 Å². The predicted molar refractivity (Wildman–Crippen MR) is 62.7 cm³/mol. The quantitative estimate of drug-likeness (QED) is 0.870. The third kappa shape index (κ3) is 2.26. The monoisotopic (exact) mass is 254 g/mol. The van der Waals surface area contributed by atoms with E-state index in [-0.39, 0.29) is 16.6 Å². The lowest BCUT2D eigenvalue weighted by molar-refractivity contribution is 0.584. The molecule has 0 amide bonds. The summed E-state index contributed by atoms with van der Waals surface area (Å²) in [7, 11) is -1.80. The van der Waals surface area contributed by atoms with Crippen molar-refractivity contribution in [3.8, 4) is 6.07 Å². The van der Waals surface area contributed by atoms with E-state index in [4.69, 9.17) is 5.26 Å². The maximum Gasteiger partial charge on any atom is 0.236 e. The molecular formula is C10H14N4O2S. The van der Waals surface area contributed by atoms with Crippen LogP contribution in [0.2, 0.25) is 0 Å². The van der Waals surface area contributed by atoms with Gasteiger partial charge in [-0.2, -0.15) is 10.4 Å². The number of aromatic nitrogens is 2. The topological polar surface area (TPSA) is 87.8 Å². The van der Waals surface area contributed by atoms with Crippen molar-refractivity contribution in [3.05, 3.63) is 11.8 Å². The third-order valence-electron chi connectivity index (χ3n) is 3.04. The molecule has 1 saturated carbocycles.